The van der Waals surface area contributed by atoms with E-state index in [0.29, 0.717) is 19.0 Å². The second kappa shape index (κ2) is 9.63. The molecule has 4 heterocycles. The Kier molecular flexibility index (Phi) is 6.53. The fourth-order valence-corrected chi connectivity index (χ4v) is 5.60. The second-order valence-electron chi connectivity index (χ2n) is 9.72. The molecule has 3 aromatic heterocycles. The van der Waals surface area contributed by atoms with Crippen LogP contribution in [0.4, 0.5) is 10.9 Å². The Morgan fingerprint density at radius 1 is 1.08 bits per heavy atom. The highest BCUT2D eigenvalue weighted by atomic mass is 32.1. The third-order valence-corrected chi connectivity index (χ3v) is 7.53. The van der Waals surface area contributed by atoms with Gasteiger partial charge >= 0.3 is 0 Å². The Morgan fingerprint density at radius 3 is 2.61 bits per heavy atom. The van der Waals surface area contributed by atoms with Crippen LogP contribution < -0.4 is 20.7 Å². The number of anilines is 2. The number of fused-ring (bicyclic) bond motifs is 2. The van der Waals surface area contributed by atoms with Gasteiger partial charge in [0.25, 0.3) is 0 Å². The zero-order chi connectivity index (χ0) is 25.6. The summed E-state index contributed by atoms with van der Waals surface area (Å²) in [4.78, 5) is 22.2. The molecule has 0 radical (unpaired) electrons. The van der Waals surface area contributed by atoms with E-state index in [4.69, 9.17) is 20.4 Å². The van der Waals surface area contributed by atoms with Gasteiger partial charge in [0.05, 0.1) is 12.6 Å². The van der Waals surface area contributed by atoms with E-state index in [0.717, 1.165) is 67.1 Å². The maximum absolute atomic E-state index is 6.27. The highest BCUT2D eigenvalue weighted by molar-refractivity contribution is 7.21. The van der Waals surface area contributed by atoms with Crippen molar-refractivity contribution in [2.75, 3.05) is 30.4 Å². The van der Waals surface area contributed by atoms with Gasteiger partial charge in [-0.15, -0.1) is 0 Å². The highest BCUT2D eigenvalue weighted by Crippen LogP contribution is 2.37. The highest BCUT2D eigenvalue weighted by Gasteiger charge is 2.25. The van der Waals surface area contributed by atoms with Gasteiger partial charge in [-0.2, -0.15) is 0 Å². The monoisotopic (exact) mass is 503 g/mol. The van der Waals surface area contributed by atoms with E-state index in [1.165, 1.54) is 0 Å². The third kappa shape index (κ3) is 4.49. The maximum Gasteiger partial charge on any atom is 0.185 e. The van der Waals surface area contributed by atoms with Crippen LogP contribution in [0.3, 0.4) is 0 Å². The molecule has 36 heavy (non-hydrogen) atoms. The first-order valence-electron chi connectivity index (χ1n) is 12.3. The lowest BCUT2D eigenvalue weighted by Gasteiger charge is -2.27. The molecular formula is C27H33N7OS. The van der Waals surface area contributed by atoms with Crippen LogP contribution in [0.15, 0.2) is 24.4 Å². The molecule has 0 saturated heterocycles. The van der Waals surface area contributed by atoms with Crippen LogP contribution in [-0.2, 0) is 6.54 Å². The fraction of sp³-hybridized carbons (Fsp3) is 0.407. The molecule has 0 aliphatic carbocycles. The van der Waals surface area contributed by atoms with Crippen LogP contribution in [0, 0.1) is 13.8 Å². The summed E-state index contributed by atoms with van der Waals surface area (Å²) in [5, 5.41) is 3.97. The lowest BCUT2D eigenvalue weighted by molar-refractivity contribution is 0.329. The number of hydrogen-bond donors (Lipinski definition) is 2. The van der Waals surface area contributed by atoms with Crippen molar-refractivity contribution in [1.82, 2.24) is 19.9 Å². The quantitative estimate of drug-likeness (QED) is 0.376. The third-order valence-electron chi connectivity index (χ3n) is 6.53. The van der Waals surface area contributed by atoms with E-state index in [-0.39, 0.29) is 12.0 Å². The SMILES string of the molecule is CNc1nc2cc(-c3cc(C)c4c(c3)CN(c3nc(C(C)N)nc(C)c3C(C)C)CCO4)cnc2s1. The van der Waals surface area contributed by atoms with E-state index >= 15 is 0 Å². The standard InChI is InChI=1S/C27H33N7OS/c1-14(2)22-17(5)31-24(16(4)28)33-25(22)34-7-8-35-23-15(3)9-18(10-20(23)13-34)19-11-21-26(30-12-19)36-27(29-6)32-21/h9-12,14,16H,7-8,13,28H2,1-6H3,(H,29,32). The number of thiazole rings is 1. The Labute approximate surface area is 216 Å². The molecule has 1 unspecified atom stereocenters. The maximum atomic E-state index is 6.27. The van der Waals surface area contributed by atoms with Crippen LogP contribution in [0.1, 0.15) is 60.9 Å². The molecule has 0 fully saturated rings. The minimum atomic E-state index is -0.232. The average molecular weight is 504 g/mol. The molecule has 9 heteroatoms. The number of rotatable bonds is 5. The van der Waals surface area contributed by atoms with Crippen molar-refractivity contribution in [3.8, 4) is 16.9 Å². The van der Waals surface area contributed by atoms with Gasteiger partial charge in [-0.3, -0.25) is 0 Å². The topological polar surface area (TPSA) is 102 Å². The first-order valence-corrected chi connectivity index (χ1v) is 13.2. The lowest BCUT2D eigenvalue weighted by atomic mass is 9.99. The Balaban J connectivity index is 1.57. The number of ether oxygens (including phenoxy) is 1. The van der Waals surface area contributed by atoms with E-state index in [1.807, 2.05) is 20.2 Å². The van der Waals surface area contributed by atoms with Crippen molar-refractivity contribution in [3.63, 3.8) is 0 Å². The number of nitrogens with one attached hydrogen (secondary N) is 1. The molecular weight excluding hydrogens is 470 g/mol. The predicted molar refractivity (Wildman–Crippen MR) is 147 cm³/mol. The minimum Gasteiger partial charge on any atom is -0.491 e. The fourth-order valence-electron chi connectivity index (χ4n) is 4.86. The molecule has 3 N–H and O–H groups in total. The van der Waals surface area contributed by atoms with Crippen molar-refractivity contribution < 1.29 is 4.74 Å². The first-order chi connectivity index (χ1) is 17.2. The zero-order valence-electron chi connectivity index (χ0n) is 21.7. The number of nitrogens with zero attached hydrogens (tertiary/aromatic N) is 5. The number of nitrogens with two attached hydrogens (primary N) is 1. The Morgan fingerprint density at radius 2 is 1.89 bits per heavy atom. The largest absolute Gasteiger partial charge is 0.491 e. The average Bonchev–Trinajstić information content (AvgIpc) is 3.13. The van der Waals surface area contributed by atoms with Crippen molar-refractivity contribution in [2.45, 2.75) is 53.1 Å². The number of pyridine rings is 1. The van der Waals surface area contributed by atoms with E-state index in [1.54, 1.807) is 11.3 Å². The van der Waals surface area contributed by atoms with Crippen LogP contribution in [-0.4, -0.2) is 40.1 Å². The Hall–Kier alpha value is -3.30. The number of aromatic nitrogens is 4. The van der Waals surface area contributed by atoms with Gasteiger partial charge in [0.1, 0.15) is 34.3 Å². The van der Waals surface area contributed by atoms with Crippen molar-refractivity contribution in [3.05, 3.63) is 52.6 Å². The molecule has 5 rings (SSSR count). The Bertz CT molecular complexity index is 1430. The summed E-state index contributed by atoms with van der Waals surface area (Å²) >= 11 is 1.55. The van der Waals surface area contributed by atoms with Crippen molar-refractivity contribution in [1.29, 1.82) is 0 Å². The van der Waals surface area contributed by atoms with Gasteiger partial charge in [-0.1, -0.05) is 25.2 Å². The number of aryl methyl sites for hydroxylation is 2. The molecule has 0 saturated carbocycles. The van der Waals surface area contributed by atoms with Crippen molar-refractivity contribution in [2.24, 2.45) is 5.73 Å². The van der Waals surface area contributed by atoms with E-state index < -0.39 is 0 Å². The smallest absolute Gasteiger partial charge is 0.185 e. The lowest BCUT2D eigenvalue weighted by Crippen LogP contribution is -2.29. The summed E-state index contributed by atoms with van der Waals surface area (Å²) in [5.74, 6) is 2.86. The summed E-state index contributed by atoms with van der Waals surface area (Å²) in [6.07, 6.45) is 1.93. The molecule has 1 aromatic carbocycles. The molecule has 0 spiro atoms. The molecule has 0 amide bonds. The summed E-state index contributed by atoms with van der Waals surface area (Å²) < 4.78 is 6.27. The van der Waals surface area contributed by atoms with E-state index in [2.05, 4.69) is 66.1 Å². The summed E-state index contributed by atoms with van der Waals surface area (Å²) in [7, 11) is 1.88. The van der Waals surface area contributed by atoms with Crippen molar-refractivity contribution >= 4 is 32.6 Å². The number of hydrogen-bond acceptors (Lipinski definition) is 9. The zero-order valence-corrected chi connectivity index (χ0v) is 22.5. The molecule has 0 bridgehead atoms. The van der Waals surface area contributed by atoms with Gasteiger partial charge in [-0.05, 0) is 56.0 Å². The molecule has 1 aliphatic rings. The van der Waals surface area contributed by atoms with Gasteiger partial charge < -0.3 is 20.7 Å². The van der Waals surface area contributed by atoms with Crippen LogP contribution in [0.5, 0.6) is 5.75 Å². The van der Waals surface area contributed by atoms with Crippen LogP contribution >= 0.6 is 11.3 Å². The van der Waals surface area contributed by atoms with Crippen LogP contribution in [0.25, 0.3) is 21.5 Å². The van der Waals surface area contributed by atoms with Gasteiger partial charge in [0.15, 0.2) is 5.13 Å². The summed E-state index contributed by atoms with van der Waals surface area (Å²) in [6, 6.07) is 6.26. The van der Waals surface area contributed by atoms with Gasteiger partial charge in [-0.25, -0.2) is 19.9 Å². The van der Waals surface area contributed by atoms with Crippen LogP contribution in [0.2, 0.25) is 0 Å². The van der Waals surface area contributed by atoms with Gasteiger partial charge in [0, 0.05) is 42.2 Å². The molecule has 4 aromatic rings. The summed E-state index contributed by atoms with van der Waals surface area (Å²) in [6.45, 7) is 12.5. The normalized spacial score (nSPS) is 14.5. The predicted octanol–water partition coefficient (Wildman–Crippen LogP) is 5.35. The number of benzene rings is 1. The first kappa shape index (κ1) is 24.4. The van der Waals surface area contributed by atoms with E-state index in [9.17, 15) is 0 Å². The minimum absolute atomic E-state index is 0.232. The second-order valence-corrected chi connectivity index (χ2v) is 10.7. The molecule has 1 atom stereocenters. The summed E-state index contributed by atoms with van der Waals surface area (Å²) in [5.41, 5.74) is 13.6. The molecule has 8 nitrogen and oxygen atoms in total. The molecule has 1 aliphatic heterocycles. The molecule has 188 valence electrons. The van der Waals surface area contributed by atoms with Gasteiger partial charge in [0.2, 0.25) is 0 Å².